The number of hydrogen-bond donors (Lipinski definition) is 0. The lowest BCUT2D eigenvalue weighted by Gasteiger charge is -2.33. The van der Waals surface area contributed by atoms with Gasteiger partial charge in [-0.2, -0.15) is 0 Å². The van der Waals surface area contributed by atoms with Gasteiger partial charge < -0.3 is 0 Å². The fourth-order valence-electron chi connectivity index (χ4n) is 1.09. The van der Waals surface area contributed by atoms with Crippen LogP contribution in [0.3, 0.4) is 0 Å². The summed E-state index contributed by atoms with van der Waals surface area (Å²) >= 11 is 0. The Morgan fingerprint density at radius 2 is 1.70 bits per heavy atom. The second kappa shape index (κ2) is 3.41. The van der Waals surface area contributed by atoms with Gasteiger partial charge in [0.25, 0.3) is 0 Å². The molecule has 0 aromatic carbocycles. The van der Waals surface area contributed by atoms with Gasteiger partial charge in [-0.05, 0) is 17.3 Å². The van der Waals surface area contributed by atoms with Crippen LogP contribution in [0, 0.1) is 17.3 Å². The summed E-state index contributed by atoms with van der Waals surface area (Å²) in [4.78, 5) is 0. The molecule has 0 spiro atoms. The molecule has 0 amide bonds. The Labute approximate surface area is 66.0 Å². The molecule has 0 fully saturated rings. The molecule has 0 saturated heterocycles. The molecule has 0 saturated carbocycles. The van der Waals surface area contributed by atoms with Gasteiger partial charge in [-0.1, -0.05) is 48.0 Å². The molecule has 0 aromatic rings. The Bertz CT molecular complexity index is 90.2. The zero-order valence-corrected chi connectivity index (χ0v) is 8.28. The van der Waals surface area contributed by atoms with E-state index in [1.807, 2.05) is 0 Å². The summed E-state index contributed by atoms with van der Waals surface area (Å²) in [5.41, 5.74) is 0.485. The van der Waals surface area contributed by atoms with Crippen molar-refractivity contribution in [1.82, 2.24) is 0 Å². The molecule has 0 heteroatoms. The van der Waals surface area contributed by atoms with E-state index in [0.717, 1.165) is 5.92 Å². The summed E-state index contributed by atoms with van der Waals surface area (Å²) in [6, 6.07) is 0. The molecule has 0 N–H and O–H groups in total. The zero-order chi connectivity index (χ0) is 8.36. The average molecular weight is 141 g/mol. The highest BCUT2D eigenvalue weighted by Gasteiger charge is 2.25. The Morgan fingerprint density at radius 3 is 1.80 bits per heavy atom. The van der Waals surface area contributed by atoms with E-state index in [4.69, 9.17) is 0 Å². The van der Waals surface area contributed by atoms with Crippen molar-refractivity contribution < 1.29 is 0 Å². The fourth-order valence-corrected chi connectivity index (χ4v) is 1.09. The SMILES string of the molecule is CCC(C)(C)C(C)[C](C)C. The minimum Gasteiger partial charge on any atom is -0.0649 e. The van der Waals surface area contributed by atoms with Gasteiger partial charge >= 0.3 is 0 Å². The largest absolute Gasteiger partial charge is 0.0649 e. The molecule has 0 bridgehead atoms. The second-order valence-corrected chi connectivity index (χ2v) is 4.14. The third-order valence-corrected chi connectivity index (χ3v) is 2.95. The first-order valence-corrected chi connectivity index (χ1v) is 4.22. The first-order chi connectivity index (χ1) is 4.41. The van der Waals surface area contributed by atoms with Gasteiger partial charge in [0.15, 0.2) is 0 Å². The van der Waals surface area contributed by atoms with Gasteiger partial charge in [-0.25, -0.2) is 0 Å². The molecule has 0 aliphatic carbocycles. The normalized spacial score (nSPS) is 15.9. The second-order valence-electron chi connectivity index (χ2n) is 4.14. The fraction of sp³-hybridized carbons (Fsp3) is 0.900. The van der Waals surface area contributed by atoms with Crippen LogP contribution in [0.25, 0.3) is 0 Å². The quantitative estimate of drug-likeness (QED) is 0.562. The van der Waals surface area contributed by atoms with Gasteiger partial charge in [0, 0.05) is 0 Å². The van der Waals surface area contributed by atoms with E-state index in [1.54, 1.807) is 5.92 Å². The van der Waals surface area contributed by atoms with E-state index < -0.39 is 0 Å². The van der Waals surface area contributed by atoms with Crippen LogP contribution in [-0.4, -0.2) is 0 Å². The van der Waals surface area contributed by atoms with Crippen molar-refractivity contribution in [1.29, 1.82) is 0 Å². The number of hydrogen-bond acceptors (Lipinski definition) is 0. The van der Waals surface area contributed by atoms with Crippen molar-refractivity contribution in [3.63, 3.8) is 0 Å². The summed E-state index contributed by atoms with van der Waals surface area (Å²) in [7, 11) is 0. The van der Waals surface area contributed by atoms with Crippen LogP contribution in [0.2, 0.25) is 0 Å². The Hall–Kier alpha value is 0. The maximum atomic E-state index is 2.34. The van der Waals surface area contributed by atoms with E-state index in [0.29, 0.717) is 5.41 Å². The van der Waals surface area contributed by atoms with Crippen LogP contribution in [0.15, 0.2) is 0 Å². The van der Waals surface area contributed by atoms with Crippen LogP contribution in [-0.2, 0) is 0 Å². The minimum absolute atomic E-state index is 0.485. The first kappa shape index (κ1) is 10.0. The van der Waals surface area contributed by atoms with E-state index in [-0.39, 0.29) is 0 Å². The predicted molar refractivity (Wildman–Crippen MR) is 47.8 cm³/mol. The maximum Gasteiger partial charge on any atom is -0.0269 e. The summed E-state index contributed by atoms with van der Waals surface area (Å²) < 4.78 is 0. The van der Waals surface area contributed by atoms with Crippen molar-refractivity contribution in [2.45, 2.75) is 48.0 Å². The van der Waals surface area contributed by atoms with Crippen LogP contribution in [0.5, 0.6) is 0 Å². The van der Waals surface area contributed by atoms with Crippen molar-refractivity contribution in [3.8, 4) is 0 Å². The molecule has 0 rings (SSSR count). The molecule has 0 nitrogen and oxygen atoms in total. The summed E-state index contributed by atoms with van der Waals surface area (Å²) in [5, 5.41) is 0. The highest BCUT2D eigenvalue weighted by Crippen LogP contribution is 2.35. The van der Waals surface area contributed by atoms with E-state index >= 15 is 0 Å². The molecule has 1 unspecified atom stereocenters. The molecule has 0 aliphatic heterocycles. The van der Waals surface area contributed by atoms with Gasteiger partial charge in [-0.15, -0.1) is 0 Å². The van der Waals surface area contributed by atoms with Crippen LogP contribution >= 0.6 is 0 Å². The van der Waals surface area contributed by atoms with Crippen molar-refractivity contribution in [2.75, 3.05) is 0 Å². The number of rotatable bonds is 3. The molecule has 0 aromatic heterocycles. The van der Waals surface area contributed by atoms with Crippen LogP contribution in [0.4, 0.5) is 0 Å². The molecule has 1 atom stereocenters. The van der Waals surface area contributed by atoms with Gasteiger partial charge in [0.2, 0.25) is 0 Å². The van der Waals surface area contributed by atoms with E-state index in [1.165, 1.54) is 6.42 Å². The summed E-state index contributed by atoms with van der Waals surface area (Å²) in [6.07, 6.45) is 1.26. The maximum absolute atomic E-state index is 2.34. The van der Waals surface area contributed by atoms with Gasteiger partial charge in [0.1, 0.15) is 0 Å². The highest BCUT2D eigenvalue weighted by atomic mass is 14.3. The van der Waals surface area contributed by atoms with E-state index in [9.17, 15) is 0 Å². The monoisotopic (exact) mass is 141 g/mol. The topological polar surface area (TPSA) is 0 Å². The highest BCUT2D eigenvalue weighted by molar-refractivity contribution is 4.92. The molecule has 0 aliphatic rings. The smallest absolute Gasteiger partial charge is 0.0269 e. The average Bonchev–Trinajstić information content (AvgIpc) is 1.86. The van der Waals surface area contributed by atoms with Crippen LogP contribution in [0.1, 0.15) is 48.0 Å². The zero-order valence-electron chi connectivity index (χ0n) is 8.28. The predicted octanol–water partition coefficient (Wildman–Crippen LogP) is 3.67. The van der Waals surface area contributed by atoms with Gasteiger partial charge in [-0.3, -0.25) is 0 Å². The third-order valence-electron chi connectivity index (χ3n) is 2.95. The van der Waals surface area contributed by atoms with Crippen molar-refractivity contribution >= 4 is 0 Å². The Kier molecular flexibility index (Phi) is 3.41. The van der Waals surface area contributed by atoms with E-state index in [2.05, 4.69) is 41.5 Å². The Balaban J connectivity index is 4.03. The Morgan fingerprint density at radius 1 is 1.30 bits per heavy atom. The molecule has 1 radical (unpaired) electrons. The first-order valence-electron chi connectivity index (χ1n) is 4.22. The lowest BCUT2D eigenvalue weighted by Crippen LogP contribution is -2.23. The van der Waals surface area contributed by atoms with Crippen molar-refractivity contribution in [2.24, 2.45) is 11.3 Å². The van der Waals surface area contributed by atoms with Gasteiger partial charge in [0.05, 0.1) is 0 Å². The lowest BCUT2D eigenvalue weighted by atomic mass is 9.72. The summed E-state index contributed by atoms with van der Waals surface area (Å²) in [6.45, 7) is 13.7. The lowest BCUT2D eigenvalue weighted by molar-refractivity contribution is 0.233. The van der Waals surface area contributed by atoms with Crippen LogP contribution < -0.4 is 0 Å². The molecular formula is C10H21. The standard InChI is InChI=1S/C10H21/c1-7-10(5,6)9(4)8(2)3/h9H,7H2,1-6H3. The third kappa shape index (κ3) is 2.32. The minimum atomic E-state index is 0.485. The molecule has 10 heavy (non-hydrogen) atoms. The molecule has 0 heterocycles. The molecule has 61 valence electrons. The molecular weight excluding hydrogens is 120 g/mol. The summed E-state index contributed by atoms with van der Waals surface area (Å²) in [5.74, 6) is 2.30. The van der Waals surface area contributed by atoms with Crippen molar-refractivity contribution in [3.05, 3.63) is 5.92 Å².